The molecule has 158 valence electrons. The molecule has 0 saturated heterocycles. The zero-order chi connectivity index (χ0) is 21.6. The zero-order valence-corrected chi connectivity index (χ0v) is 17.9. The summed E-state index contributed by atoms with van der Waals surface area (Å²) in [6, 6.07) is 11.4. The lowest BCUT2D eigenvalue weighted by Gasteiger charge is -2.24. The highest BCUT2D eigenvalue weighted by Crippen LogP contribution is 2.29. The lowest BCUT2D eigenvalue weighted by atomic mass is 10.1. The molecule has 1 amide bonds. The maximum Gasteiger partial charge on any atom is 0.241 e. The van der Waals surface area contributed by atoms with Crippen molar-refractivity contribution in [3.8, 4) is 17.2 Å². The van der Waals surface area contributed by atoms with Crippen molar-refractivity contribution in [2.45, 2.75) is 13.0 Å². The van der Waals surface area contributed by atoms with Gasteiger partial charge in [0.25, 0.3) is 0 Å². The van der Waals surface area contributed by atoms with E-state index in [1.807, 2.05) is 0 Å². The Morgan fingerprint density at radius 1 is 1.03 bits per heavy atom. The summed E-state index contributed by atoms with van der Waals surface area (Å²) >= 11 is 0. The number of hydrogen-bond donors (Lipinski definition) is 1. The highest BCUT2D eigenvalue weighted by Gasteiger charge is 2.23. The molecule has 0 saturated carbocycles. The van der Waals surface area contributed by atoms with Crippen molar-refractivity contribution < 1.29 is 27.4 Å². The average Bonchev–Trinajstić information content (AvgIpc) is 2.70. The summed E-state index contributed by atoms with van der Waals surface area (Å²) in [6.45, 7) is 1.41. The minimum absolute atomic E-state index is 0.341. The van der Waals surface area contributed by atoms with Gasteiger partial charge in [-0.1, -0.05) is 6.07 Å². The molecule has 0 fully saturated rings. The summed E-state index contributed by atoms with van der Waals surface area (Å²) in [5.74, 6) is 1.24. The molecule has 0 aromatic heterocycles. The van der Waals surface area contributed by atoms with E-state index in [4.69, 9.17) is 14.2 Å². The van der Waals surface area contributed by atoms with E-state index in [0.717, 1.165) is 10.6 Å². The summed E-state index contributed by atoms with van der Waals surface area (Å²) in [5.41, 5.74) is 1.06. The molecule has 29 heavy (non-hydrogen) atoms. The van der Waals surface area contributed by atoms with Crippen molar-refractivity contribution in [3.63, 3.8) is 0 Å². The van der Waals surface area contributed by atoms with Gasteiger partial charge in [-0.2, -0.15) is 0 Å². The van der Waals surface area contributed by atoms with Gasteiger partial charge in [-0.05, 0) is 37.3 Å². The third-order valence-corrected chi connectivity index (χ3v) is 5.45. The van der Waals surface area contributed by atoms with Gasteiger partial charge >= 0.3 is 0 Å². The van der Waals surface area contributed by atoms with Gasteiger partial charge in [0.2, 0.25) is 15.9 Å². The third-order valence-electron chi connectivity index (χ3n) is 4.31. The summed E-state index contributed by atoms with van der Waals surface area (Å²) in [5, 5.41) is 2.81. The summed E-state index contributed by atoms with van der Waals surface area (Å²) in [6.07, 6.45) is 1.05. The lowest BCUT2D eigenvalue weighted by Crippen LogP contribution is -2.41. The van der Waals surface area contributed by atoms with Crippen LogP contribution in [0.25, 0.3) is 0 Å². The molecular formula is C20H26N2O6S. The van der Waals surface area contributed by atoms with Crippen molar-refractivity contribution in [3.05, 3.63) is 48.0 Å². The number of carbonyl (C=O) groups is 1. The van der Waals surface area contributed by atoms with Crippen molar-refractivity contribution in [1.29, 1.82) is 0 Å². The Balaban J connectivity index is 2.22. The molecule has 0 unspecified atom stereocenters. The minimum Gasteiger partial charge on any atom is -0.497 e. The number of anilines is 1. The monoisotopic (exact) mass is 422 g/mol. The number of amides is 1. The highest BCUT2D eigenvalue weighted by atomic mass is 32.2. The number of methoxy groups -OCH3 is 3. The van der Waals surface area contributed by atoms with Crippen molar-refractivity contribution >= 4 is 21.6 Å². The van der Waals surface area contributed by atoms with Crippen LogP contribution in [-0.4, -0.2) is 48.5 Å². The molecule has 0 aliphatic heterocycles. The second kappa shape index (κ2) is 9.51. The van der Waals surface area contributed by atoms with Crippen LogP contribution in [0.3, 0.4) is 0 Å². The Morgan fingerprint density at radius 3 is 2.28 bits per heavy atom. The van der Waals surface area contributed by atoms with Crippen molar-refractivity contribution in [2.24, 2.45) is 0 Å². The topological polar surface area (TPSA) is 94.2 Å². The second-order valence-electron chi connectivity index (χ2n) is 6.37. The number of sulfonamides is 1. The van der Waals surface area contributed by atoms with Gasteiger partial charge in [0.1, 0.15) is 23.8 Å². The van der Waals surface area contributed by atoms with E-state index in [9.17, 15) is 13.2 Å². The van der Waals surface area contributed by atoms with E-state index >= 15 is 0 Å². The van der Waals surface area contributed by atoms with Crippen LogP contribution in [0.1, 0.15) is 18.5 Å². The van der Waals surface area contributed by atoms with Gasteiger partial charge in [0, 0.05) is 11.6 Å². The summed E-state index contributed by atoms with van der Waals surface area (Å²) < 4.78 is 41.3. The maximum atomic E-state index is 12.6. The maximum absolute atomic E-state index is 12.6. The van der Waals surface area contributed by atoms with Crippen molar-refractivity contribution in [2.75, 3.05) is 38.4 Å². The molecule has 9 heteroatoms. The molecule has 2 aromatic rings. The molecule has 1 atom stereocenters. The number of nitrogens with zero attached hydrogens (tertiary/aromatic N) is 1. The molecule has 8 nitrogen and oxygen atoms in total. The Labute approximate surface area is 171 Å². The lowest BCUT2D eigenvalue weighted by molar-refractivity contribution is -0.120. The van der Waals surface area contributed by atoms with Gasteiger partial charge in [-0.25, -0.2) is 8.42 Å². The normalized spacial score (nSPS) is 12.0. The van der Waals surface area contributed by atoms with Crippen LogP contribution in [0.15, 0.2) is 42.5 Å². The molecule has 0 aliphatic rings. The predicted molar refractivity (Wildman–Crippen MR) is 111 cm³/mol. The number of rotatable bonds is 9. The number of ether oxygens (including phenoxy) is 3. The number of nitrogens with one attached hydrogen (secondary N) is 1. The van der Waals surface area contributed by atoms with E-state index in [1.165, 1.54) is 14.2 Å². The van der Waals surface area contributed by atoms with E-state index in [2.05, 4.69) is 5.32 Å². The van der Waals surface area contributed by atoms with Crippen LogP contribution in [0.5, 0.6) is 17.2 Å². The smallest absolute Gasteiger partial charge is 0.241 e. The van der Waals surface area contributed by atoms with E-state index in [0.29, 0.717) is 28.5 Å². The number of benzene rings is 2. The fourth-order valence-electron chi connectivity index (χ4n) is 2.84. The fraction of sp³-hybridized carbons (Fsp3) is 0.350. The fourth-order valence-corrected chi connectivity index (χ4v) is 3.69. The Bertz CT molecular complexity index is 961. The predicted octanol–water partition coefficient (Wildman–Crippen LogP) is 2.36. The molecule has 2 rings (SSSR count). The summed E-state index contributed by atoms with van der Waals surface area (Å²) in [4.78, 5) is 12.6. The quantitative estimate of drug-likeness (QED) is 0.667. The van der Waals surface area contributed by atoms with Gasteiger partial charge in [-0.3, -0.25) is 9.10 Å². The molecule has 1 N–H and O–H groups in total. The number of carbonyl (C=O) groups excluding carboxylic acids is 1. The van der Waals surface area contributed by atoms with Gasteiger partial charge < -0.3 is 19.5 Å². The van der Waals surface area contributed by atoms with Crippen LogP contribution in [-0.2, 0) is 14.8 Å². The Morgan fingerprint density at radius 2 is 1.69 bits per heavy atom. The van der Waals surface area contributed by atoms with E-state index < -0.39 is 22.0 Å². The highest BCUT2D eigenvalue weighted by molar-refractivity contribution is 7.92. The summed E-state index contributed by atoms with van der Waals surface area (Å²) in [7, 11) is 0.881. The van der Waals surface area contributed by atoms with Crippen LogP contribution in [0.2, 0.25) is 0 Å². The van der Waals surface area contributed by atoms with Crippen LogP contribution in [0, 0.1) is 0 Å². The molecule has 0 bridgehead atoms. The van der Waals surface area contributed by atoms with Crippen LogP contribution >= 0.6 is 0 Å². The molecule has 0 radical (unpaired) electrons. The Hall–Kier alpha value is -2.94. The van der Waals surface area contributed by atoms with E-state index in [1.54, 1.807) is 56.5 Å². The molecular weight excluding hydrogens is 396 g/mol. The molecule has 0 spiro atoms. The minimum atomic E-state index is -3.69. The molecule has 0 heterocycles. The molecule has 0 aliphatic carbocycles. The van der Waals surface area contributed by atoms with Crippen LogP contribution in [0.4, 0.5) is 5.69 Å². The van der Waals surface area contributed by atoms with Crippen LogP contribution < -0.4 is 23.8 Å². The number of hydrogen-bond acceptors (Lipinski definition) is 6. The van der Waals surface area contributed by atoms with Gasteiger partial charge in [0.15, 0.2) is 0 Å². The first-order valence-electron chi connectivity index (χ1n) is 8.82. The largest absolute Gasteiger partial charge is 0.497 e. The van der Waals surface area contributed by atoms with Crippen molar-refractivity contribution in [1.82, 2.24) is 5.32 Å². The van der Waals surface area contributed by atoms with Gasteiger partial charge in [-0.15, -0.1) is 0 Å². The first-order chi connectivity index (χ1) is 13.7. The third kappa shape index (κ3) is 5.77. The first-order valence-corrected chi connectivity index (χ1v) is 10.7. The van der Waals surface area contributed by atoms with Gasteiger partial charge in [0.05, 0.1) is 39.3 Å². The standard InChI is InChI=1S/C20H26N2O6S/c1-14(18-12-17(27-3)9-10-19(18)28-4)21-20(23)13-22(29(5,24)25)15-7-6-8-16(11-15)26-2/h6-12,14H,13H2,1-5H3,(H,21,23)/t14-/m0/s1. The SMILES string of the molecule is COc1cccc(N(CC(=O)N[C@@H](C)c2cc(OC)ccc2OC)S(C)(=O)=O)c1. The second-order valence-corrected chi connectivity index (χ2v) is 8.28. The molecule has 2 aromatic carbocycles. The average molecular weight is 423 g/mol. The first kappa shape index (κ1) is 22.4. The van der Waals surface area contributed by atoms with E-state index in [-0.39, 0.29) is 6.54 Å². The Kier molecular flexibility index (Phi) is 7.33. The zero-order valence-electron chi connectivity index (χ0n) is 17.1.